The predicted octanol–water partition coefficient (Wildman–Crippen LogP) is -0.173. The van der Waals surface area contributed by atoms with Crippen LogP contribution >= 0.6 is 0 Å². The van der Waals surface area contributed by atoms with Crippen molar-refractivity contribution in [2.45, 2.75) is 6.92 Å². The molecule has 0 aliphatic carbocycles. The summed E-state index contributed by atoms with van der Waals surface area (Å²) in [6, 6.07) is 0. The molecular weight excluding hydrogens is 140 g/mol. The summed E-state index contributed by atoms with van der Waals surface area (Å²) in [5.41, 5.74) is 0. The Labute approximate surface area is 68.7 Å². The Morgan fingerprint density at radius 3 is 2.00 bits per heavy atom. The molecule has 48 valence electrons. The third kappa shape index (κ3) is 4.83. The van der Waals surface area contributed by atoms with E-state index >= 15 is 0 Å². The van der Waals surface area contributed by atoms with Gasteiger partial charge in [0, 0.05) is 0 Å². The quantitative estimate of drug-likeness (QED) is 0.405. The molecule has 0 bridgehead atoms. The van der Waals surface area contributed by atoms with Crippen molar-refractivity contribution in [3.63, 3.8) is 0 Å². The molecule has 0 aliphatic rings. The second-order valence-electron chi connectivity index (χ2n) is 1.01. The molecule has 0 aromatic rings. The van der Waals surface area contributed by atoms with Crippen LogP contribution in [0.5, 0.6) is 0 Å². The maximum Gasteiger partial charge on any atom is 2.00 e. The molecule has 0 saturated carbocycles. The van der Waals surface area contributed by atoms with Gasteiger partial charge in [0.15, 0.2) is 0 Å². The van der Waals surface area contributed by atoms with E-state index < -0.39 is 10.1 Å². The van der Waals surface area contributed by atoms with E-state index in [0.29, 0.717) is 0 Å². The first kappa shape index (κ1) is 11.5. The summed E-state index contributed by atoms with van der Waals surface area (Å²) >= 11 is 0. The smallest absolute Gasteiger partial charge is 1.00 e. The summed E-state index contributed by atoms with van der Waals surface area (Å²) < 4.78 is 24.4. The van der Waals surface area contributed by atoms with Crippen molar-refractivity contribution in [3.8, 4) is 0 Å². The molecule has 0 atom stereocenters. The molecule has 8 heavy (non-hydrogen) atoms. The molecule has 0 heterocycles. The second-order valence-corrected chi connectivity index (χ2v) is 3.04. The van der Waals surface area contributed by atoms with E-state index in [1.807, 2.05) is 0 Å². The third-order valence-electron chi connectivity index (χ3n) is 0.607. The Morgan fingerprint density at radius 2 is 2.00 bits per heavy atom. The summed E-state index contributed by atoms with van der Waals surface area (Å²) in [6.45, 7) is 1.53. The first-order valence-corrected chi connectivity index (χ1v) is 3.48. The molecule has 0 spiro atoms. The summed E-state index contributed by atoms with van der Waals surface area (Å²) in [4.78, 5) is 0. The minimum Gasteiger partial charge on any atom is -1.00 e. The van der Waals surface area contributed by atoms with Crippen LogP contribution in [0.3, 0.4) is 0 Å². The fourth-order valence-corrected chi connectivity index (χ4v) is 0.354. The standard InChI is InChI=1S/C3H8O3S.Mg.2H/c1-3-7(4,5)6-2;;;/h3H2,1-2H3;;;/q;+2;2*-1. The number of rotatable bonds is 2. The van der Waals surface area contributed by atoms with Crippen molar-refractivity contribution in [1.29, 1.82) is 0 Å². The van der Waals surface area contributed by atoms with Gasteiger partial charge in [0.1, 0.15) is 0 Å². The molecule has 0 N–H and O–H groups in total. The molecule has 0 radical (unpaired) electrons. The first-order valence-electron chi connectivity index (χ1n) is 1.90. The van der Waals surface area contributed by atoms with Crippen molar-refractivity contribution >= 4 is 33.2 Å². The molecule has 0 aromatic heterocycles. The minimum absolute atomic E-state index is 0. The van der Waals surface area contributed by atoms with E-state index in [4.69, 9.17) is 0 Å². The Hall–Kier alpha value is 0.676. The molecule has 0 fully saturated rings. The Bertz CT molecular complexity index is 125. The molecular formula is C3H10MgO3S. The van der Waals surface area contributed by atoms with Gasteiger partial charge in [0.05, 0.1) is 12.9 Å². The Balaban J connectivity index is -0.0000000600. The van der Waals surface area contributed by atoms with Gasteiger partial charge in [-0.15, -0.1) is 0 Å². The van der Waals surface area contributed by atoms with Crippen LogP contribution in [0, 0.1) is 0 Å². The van der Waals surface area contributed by atoms with Gasteiger partial charge in [0.2, 0.25) is 0 Å². The van der Waals surface area contributed by atoms with E-state index in [-0.39, 0.29) is 31.7 Å². The van der Waals surface area contributed by atoms with Crippen molar-refractivity contribution < 1.29 is 15.5 Å². The molecule has 0 rings (SSSR count). The Morgan fingerprint density at radius 1 is 1.62 bits per heavy atom. The van der Waals surface area contributed by atoms with Crippen molar-refractivity contribution in [1.82, 2.24) is 0 Å². The molecule has 0 unspecified atom stereocenters. The van der Waals surface area contributed by atoms with Crippen LogP contribution in [0.1, 0.15) is 9.78 Å². The zero-order valence-corrected chi connectivity index (χ0v) is 7.28. The van der Waals surface area contributed by atoms with Crippen LogP contribution in [0.25, 0.3) is 0 Å². The first-order chi connectivity index (χ1) is 3.12. The van der Waals surface area contributed by atoms with Crippen LogP contribution in [0.4, 0.5) is 0 Å². The van der Waals surface area contributed by atoms with Gasteiger partial charge in [-0.2, -0.15) is 8.42 Å². The van der Waals surface area contributed by atoms with Crippen molar-refractivity contribution in [3.05, 3.63) is 0 Å². The van der Waals surface area contributed by atoms with Crippen LogP contribution in [0.2, 0.25) is 0 Å². The molecule has 0 aliphatic heterocycles. The van der Waals surface area contributed by atoms with E-state index in [2.05, 4.69) is 4.18 Å². The van der Waals surface area contributed by atoms with E-state index in [1.165, 1.54) is 6.92 Å². The average Bonchev–Trinajstić information content (AvgIpc) is 1.68. The number of hydrogen-bond acceptors (Lipinski definition) is 3. The summed E-state index contributed by atoms with van der Waals surface area (Å²) in [7, 11) is -2.01. The van der Waals surface area contributed by atoms with Gasteiger partial charge in [-0.25, -0.2) is 0 Å². The normalized spacial score (nSPS) is 10.2. The zero-order valence-electron chi connectivity index (χ0n) is 7.05. The van der Waals surface area contributed by atoms with Crippen LogP contribution in [-0.4, -0.2) is 44.3 Å². The van der Waals surface area contributed by atoms with Crippen LogP contribution in [0.15, 0.2) is 0 Å². The van der Waals surface area contributed by atoms with Crippen molar-refractivity contribution in [2.75, 3.05) is 12.9 Å². The minimum atomic E-state index is -3.16. The molecule has 3 nitrogen and oxygen atoms in total. The summed E-state index contributed by atoms with van der Waals surface area (Å²) in [6.07, 6.45) is 0. The number of hydrogen-bond donors (Lipinski definition) is 0. The molecule has 5 heteroatoms. The SMILES string of the molecule is CCS(=O)(=O)OC.[H-].[H-].[Mg+2]. The second kappa shape index (κ2) is 4.55. The van der Waals surface area contributed by atoms with Gasteiger partial charge in [-0.1, -0.05) is 0 Å². The van der Waals surface area contributed by atoms with E-state index in [0.717, 1.165) is 7.11 Å². The van der Waals surface area contributed by atoms with Gasteiger partial charge >= 0.3 is 23.1 Å². The summed E-state index contributed by atoms with van der Waals surface area (Å²) in [5, 5.41) is 0. The molecule has 0 aromatic carbocycles. The van der Waals surface area contributed by atoms with Gasteiger partial charge in [-0.3, -0.25) is 4.18 Å². The maximum atomic E-state index is 10.1. The van der Waals surface area contributed by atoms with Gasteiger partial charge in [-0.05, 0) is 6.92 Å². The average molecular weight is 150 g/mol. The zero-order chi connectivity index (χ0) is 5.91. The van der Waals surface area contributed by atoms with Gasteiger partial charge < -0.3 is 2.85 Å². The van der Waals surface area contributed by atoms with E-state index in [9.17, 15) is 8.42 Å². The van der Waals surface area contributed by atoms with Gasteiger partial charge in [0.25, 0.3) is 10.1 Å². The van der Waals surface area contributed by atoms with Crippen LogP contribution < -0.4 is 0 Å². The predicted molar refractivity (Wildman–Crippen MR) is 34.4 cm³/mol. The molecule has 0 saturated heterocycles. The van der Waals surface area contributed by atoms with Crippen molar-refractivity contribution in [2.24, 2.45) is 0 Å². The largest absolute Gasteiger partial charge is 2.00 e. The monoisotopic (exact) mass is 150 g/mol. The third-order valence-corrected chi connectivity index (χ3v) is 1.82. The van der Waals surface area contributed by atoms with Crippen LogP contribution in [-0.2, 0) is 14.3 Å². The fourth-order valence-electron chi connectivity index (χ4n) is 0.118. The maximum absolute atomic E-state index is 10.1. The Kier molecular flexibility index (Phi) is 6.52. The molecule has 0 amide bonds. The fraction of sp³-hybridized carbons (Fsp3) is 1.00. The summed E-state index contributed by atoms with van der Waals surface area (Å²) in [5.74, 6) is 0.0451. The topological polar surface area (TPSA) is 43.4 Å². The van der Waals surface area contributed by atoms with E-state index in [1.54, 1.807) is 0 Å².